The summed E-state index contributed by atoms with van der Waals surface area (Å²) in [6, 6.07) is 8.59. The lowest BCUT2D eigenvalue weighted by Gasteiger charge is -2.15. The zero-order valence-corrected chi connectivity index (χ0v) is 18.9. The summed E-state index contributed by atoms with van der Waals surface area (Å²) in [5, 5.41) is 5.65. The fraction of sp³-hybridized carbons (Fsp3) is 0.333. The van der Waals surface area contributed by atoms with Gasteiger partial charge >= 0.3 is 0 Å². The van der Waals surface area contributed by atoms with Crippen molar-refractivity contribution in [2.45, 2.75) is 27.2 Å². The Kier molecular flexibility index (Phi) is 8.79. The van der Waals surface area contributed by atoms with Crippen molar-refractivity contribution in [1.29, 1.82) is 0 Å². The predicted octanol–water partition coefficient (Wildman–Crippen LogP) is 4.97. The highest BCUT2D eigenvalue weighted by molar-refractivity contribution is 9.10. The molecule has 2 rings (SSSR count). The molecule has 6 nitrogen and oxygen atoms in total. The summed E-state index contributed by atoms with van der Waals surface area (Å²) >= 11 is 9.66. The molecule has 2 N–H and O–H groups in total. The molecule has 0 heterocycles. The highest BCUT2D eigenvalue weighted by Gasteiger charge is 2.17. The van der Waals surface area contributed by atoms with Crippen molar-refractivity contribution in [3.8, 4) is 11.5 Å². The fourth-order valence-corrected chi connectivity index (χ4v) is 3.27. The standard InChI is InChI=1S/C21H24BrClN2O4/c1-4-8-29-20-16(23)10-14(11-18(20)28-5-2)21(27)24-12-19(26)25-17-7-6-15(22)9-13(17)3/h6-7,9-11H,4-5,8,12H2,1-3H3,(H,24,27)(H,25,26). The van der Waals surface area contributed by atoms with Crippen molar-refractivity contribution in [1.82, 2.24) is 5.32 Å². The molecule has 2 amide bonds. The van der Waals surface area contributed by atoms with E-state index in [2.05, 4.69) is 26.6 Å². The third-order valence-corrected chi connectivity index (χ3v) is 4.67. The smallest absolute Gasteiger partial charge is 0.251 e. The number of amides is 2. The molecule has 0 saturated carbocycles. The fourth-order valence-electron chi connectivity index (χ4n) is 2.53. The molecule has 0 spiro atoms. The molecule has 0 aliphatic carbocycles. The summed E-state index contributed by atoms with van der Waals surface area (Å²) in [6.45, 7) is 6.41. The van der Waals surface area contributed by atoms with Crippen LogP contribution in [0.15, 0.2) is 34.8 Å². The molecular weight excluding hydrogens is 460 g/mol. The molecule has 2 aromatic carbocycles. The first-order chi connectivity index (χ1) is 13.8. The van der Waals surface area contributed by atoms with Gasteiger partial charge in [-0.25, -0.2) is 0 Å². The van der Waals surface area contributed by atoms with Crippen LogP contribution in [-0.4, -0.2) is 31.6 Å². The van der Waals surface area contributed by atoms with Gasteiger partial charge in [-0.15, -0.1) is 0 Å². The third kappa shape index (κ3) is 6.65. The Balaban J connectivity index is 2.04. The lowest BCUT2D eigenvalue weighted by molar-refractivity contribution is -0.115. The van der Waals surface area contributed by atoms with Gasteiger partial charge in [-0.3, -0.25) is 9.59 Å². The number of hydrogen-bond acceptors (Lipinski definition) is 4. The topological polar surface area (TPSA) is 76.7 Å². The van der Waals surface area contributed by atoms with E-state index in [1.165, 1.54) is 6.07 Å². The van der Waals surface area contributed by atoms with Crippen LogP contribution in [0, 0.1) is 6.92 Å². The lowest BCUT2D eigenvalue weighted by Crippen LogP contribution is -2.33. The number of hydrogen-bond donors (Lipinski definition) is 2. The number of aryl methyl sites for hydroxylation is 1. The minimum Gasteiger partial charge on any atom is -0.490 e. The largest absolute Gasteiger partial charge is 0.490 e. The number of ether oxygens (including phenoxy) is 2. The van der Waals surface area contributed by atoms with Crippen LogP contribution in [0.3, 0.4) is 0 Å². The van der Waals surface area contributed by atoms with E-state index >= 15 is 0 Å². The maximum atomic E-state index is 12.5. The second kappa shape index (κ2) is 11.1. The Morgan fingerprint density at radius 2 is 1.90 bits per heavy atom. The second-order valence-corrected chi connectivity index (χ2v) is 7.58. The molecule has 8 heteroatoms. The van der Waals surface area contributed by atoms with E-state index in [0.717, 1.165) is 16.5 Å². The van der Waals surface area contributed by atoms with Crippen molar-refractivity contribution in [2.24, 2.45) is 0 Å². The number of halogens is 2. The van der Waals surface area contributed by atoms with Crippen LogP contribution in [0.5, 0.6) is 11.5 Å². The van der Waals surface area contributed by atoms with Crippen LogP contribution in [0.4, 0.5) is 5.69 Å². The van der Waals surface area contributed by atoms with Gasteiger partial charge < -0.3 is 20.1 Å². The highest BCUT2D eigenvalue weighted by atomic mass is 79.9. The molecule has 0 aromatic heterocycles. The van der Waals surface area contributed by atoms with Gasteiger partial charge in [0.1, 0.15) is 0 Å². The predicted molar refractivity (Wildman–Crippen MR) is 118 cm³/mol. The monoisotopic (exact) mass is 482 g/mol. The second-order valence-electron chi connectivity index (χ2n) is 6.26. The molecular formula is C21H24BrClN2O4. The van der Waals surface area contributed by atoms with E-state index in [1.807, 2.05) is 32.9 Å². The van der Waals surface area contributed by atoms with E-state index in [4.69, 9.17) is 21.1 Å². The quantitative estimate of drug-likeness (QED) is 0.528. The zero-order chi connectivity index (χ0) is 21.4. The SMILES string of the molecule is CCCOc1c(Cl)cc(C(=O)NCC(=O)Nc2ccc(Br)cc2C)cc1OCC. The number of carbonyl (C=O) groups excluding carboxylic acids is 2. The molecule has 0 fully saturated rings. The molecule has 156 valence electrons. The zero-order valence-electron chi connectivity index (χ0n) is 16.6. The van der Waals surface area contributed by atoms with Crippen molar-refractivity contribution in [3.05, 3.63) is 51.0 Å². The van der Waals surface area contributed by atoms with Crippen LogP contribution in [0.2, 0.25) is 5.02 Å². The van der Waals surface area contributed by atoms with E-state index < -0.39 is 5.91 Å². The molecule has 0 bridgehead atoms. The summed E-state index contributed by atoms with van der Waals surface area (Å²) in [5.74, 6) is 0.0456. The van der Waals surface area contributed by atoms with E-state index in [-0.39, 0.29) is 23.0 Å². The van der Waals surface area contributed by atoms with Crippen LogP contribution in [0.1, 0.15) is 36.2 Å². The van der Waals surface area contributed by atoms with Crippen LogP contribution in [0.25, 0.3) is 0 Å². The first-order valence-electron chi connectivity index (χ1n) is 9.29. The minimum absolute atomic E-state index is 0.177. The van der Waals surface area contributed by atoms with Crippen molar-refractivity contribution >= 4 is 45.0 Å². The van der Waals surface area contributed by atoms with Gasteiger partial charge in [-0.1, -0.05) is 34.5 Å². The summed E-state index contributed by atoms with van der Waals surface area (Å²) in [5.41, 5.74) is 1.89. The first kappa shape index (κ1) is 23.0. The number of rotatable bonds is 9. The molecule has 29 heavy (non-hydrogen) atoms. The Morgan fingerprint density at radius 1 is 1.14 bits per heavy atom. The lowest BCUT2D eigenvalue weighted by atomic mass is 10.2. The summed E-state index contributed by atoms with van der Waals surface area (Å²) in [7, 11) is 0. The summed E-state index contributed by atoms with van der Waals surface area (Å²) in [4.78, 5) is 24.7. The number of nitrogens with one attached hydrogen (secondary N) is 2. The van der Waals surface area contributed by atoms with E-state index in [0.29, 0.717) is 30.4 Å². The number of anilines is 1. The highest BCUT2D eigenvalue weighted by Crippen LogP contribution is 2.36. The molecule has 0 saturated heterocycles. The van der Waals surface area contributed by atoms with Crippen LogP contribution in [-0.2, 0) is 4.79 Å². The average molecular weight is 484 g/mol. The van der Waals surface area contributed by atoms with Gasteiger partial charge in [0.15, 0.2) is 11.5 Å². The van der Waals surface area contributed by atoms with Crippen molar-refractivity contribution in [3.63, 3.8) is 0 Å². The summed E-state index contributed by atoms with van der Waals surface area (Å²) in [6.07, 6.45) is 0.817. The van der Waals surface area contributed by atoms with Gasteiger partial charge in [0, 0.05) is 15.7 Å². The molecule has 2 aromatic rings. The van der Waals surface area contributed by atoms with Crippen LogP contribution < -0.4 is 20.1 Å². The van der Waals surface area contributed by atoms with Gasteiger partial charge in [0.25, 0.3) is 5.91 Å². The van der Waals surface area contributed by atoms with Crippen molar-refractivity contribution < 1.29 is 19.1 Å². The Bertz CT molecular complexity index is 889. The van der Waals surface area contributed by atoms with Gasteiger partial charge in [-0.05, 0) is 56.2 Å². The number of benzene rings is 2. The Hall–Kier alpha value is -2.25. The Labute approximate surface area is 184 Å². The van der Waals surface area contributed by atoms with Gasteiger partial charge in [0.05, 0.1) is 24.8 Å². The van der Waals surface area contributed by atoms with Gasteiger partial charge in [0.2, 0.25) is 5.91 Å². The Morgan fingerprint density at radius 3 is 2.55 bits per heavy atom. The first-order valence-corrected chi connectivity index (χ1v) is 10.5. The van der Waals surface area contributed by atoms with Gasteiger partial charge in [-0.2, -0.15) is 0 Å². The van der Waals surface area contributed by atoms with E-state index in [1.54, 1.807) is 12.1 Å². The van der Waals surface area contributed by atoms with E-state index in [9.17, 15) is 9.59 Å². The molecule has 0 aliphatic heterocycles. The van der Waals surface area contributed by atoms with Crippen LogP contribution >= 0.6 is 27.5 Å². The molecule has 0 unspecified atom stereocenters. The minimum atomic E-state index is -0.433. The normalized spacial score (nSPS) is 10.4. The maximum Gasteiger partial charge on any atom is 0.251 e. The summed E-state index contributed by atoms with van der Waals surface area (Å²) < 4.78 is 12.1. The van der Waals surface area contributed by atoms with Crippen molar-refractivity contribution in [2.75, 3.05) is 25.1 Å². The number of carbonyl (C=O) groups is 2. The maximum absolute atomic E-state index is 12.5. The molecule has 0 aliphatic rings. The molecule has 0 atom stereocenters. The molecule has 0 radical (unpaired) electrons. The average Bonchev–Trinajstić information content (AvgIpc) is 2.67. The third-order valence-electron chi connectivity index (χ3n) is 3.89.